The quantitative estimate of drug-likeness (QED) is 0.935. The highest BCUT2D eigenvalue weighted by atomic mass is 16.4. The lowest BCUT2D eigenvalue weighted by molar-refractivity contribution is -0.141. The lowest BCUT2D eigenvalue weighted by Gasteiger charge is -2.31. The summed E-state index contributed by atoms with van der Waals surface area (Å²) in [7, 11) is 0. The van der Waals surface area contributed by atoms with Crippen LogP contribution in [0, 0.1) is 12.8 Å². The fourth-order valence-corrected chi connectivity index (χ4v) is 2.71. The average molecular weight is 298 g/mol. The molecule has 1 atom stereocenters. The van der Waals surface area contributed by atoms with E-state index in [0.29, 0.717) is 12.4 Å². The molecule has 3 heterocycles. The number of carbonyl (C=O) groups is 1. The van der Waals surface area contributed by atoms with E-state index in [1.54, 1.807) is 6.20 Å². The standard InChI is InChI=1S/C16H18N4O2/c1-11-9-14(20-8-4-5-12(10-20)16(21)22)19-15(18-11)13-6-2-3-7-17-13/h2-3,6-7,9,12H,4-5,8,10H2,1H3,(H,21,22). The van der Waals surface area contributed by atoms with Crippen molar-refractivity contribution in [3.05, 3.63) is 36.2 Å². The molecule has 2 aromatic heterocycles. The highest BCUT2D eigenvalue weighted by Gasteiger charge is 2.26. The summed E-state index contributed by atoms with van der Waals surface area (Å²) >= 11 is 0. The Balaban J connectivity index is 1.91. The second-order valence-corrected chi connectivity index (χ2v) is 5.53. The molecule has 1 N–H and O–H groups in total. The Kier molecular flexibility index (Phi) is 4.00. The average Bonchev–Trinajstić information content (AvgIpc) is 2.55. The Morgan fingerprint density at radius 3 is 2.95 bits per heavy atom. The van der Waals surface area contributed by atoms with Crippen molar-refractivity contribution in [3.8, 4) is 11.5 Å². The maximum Gasteiger partial charge on any atom is 0.308 e. The van der Waals surface area contributed by atoms with Crippen LogP contribution in [0.15, 0.2) is 30.5 Å². The molecule has 0 amide bonds. The van der Waals surface area contributed by atoms with Crippen LogP contribution in [-0.2, 0) is 4.79 Å². The minimum absolute atomic E-state index is 0.331. The summed E-state index contributed by atoms with van der Waals surface area (Å²) in [5, 5.41) is 9.22. The normalized spacial score (nSPS) is 18.2. The monoisotopic (exact) mass is 298 g/mol. The zero-order valence-electron chi connectivity index (χ0n) is 12.4. The number of carboxylic acid groups (broad SMARTS) is 1. The van der Waals surface area contributed by atoms with Gasteiger partial charge in [0.15, 0.2) is 5.82 Å². The summed E-state index contributed by atoms with van der Waals surface area (Å²) in [6, 6.07) is 7.52. The van der Waals surface area contributed by atoms with E-state index in [0.717, 1.165) is 36.6 Å². The molecule has 3 rings (SSSR count). The number of piperidine rings is 1. The van der Waals surface area contributed by atoms with E-state index in [1.165, 1.54) is 0 Å². The van der Waals surface area contributed by atoms with Crippen molar-refractivity contribution in [2.75, 3.05) is 18.0 Å². The van der Waals surface area contributed by atoms with Crippen molar-refractivity contribution in [2.24, 2.45) is 5.92 Å². The molecule has 0 aromatic carbocycles. The van der Waals surface area contributed by atoms with Crippen LogP contribution in [0.2, 0.25) is 0 Å². The Labute approximate surface area is 128 Å². The van der Waals surface area contributed by atoms with Crippen LogP contribution < -0.4 is 4.90 Å². The zero-order chi connectivity index (χ0) is 15.5. The third-order valence-electron chi connectivity index (χ3n) is 3.83. The van der Waals surface area contributed by atoms with Gasteiger partial charge in [0.2, 0.25) is 0 Å². The van der Waals surface area contributed by atoms with E-state index in [9.17, 15) is 9.90 Å². The molecule has 0 bridgehead atoms. The first-order valence-electron chi connectivity index (χ1n) is 7.38. The summed E-state index contributed by atoms with van der Waals surface area (Å²) < 4.78 is 0. The molecule has 1 aliphatic rings. The van der Waals surface area contributed by atoms with Crippen LogP contribution in [0.25, 0.3) is 11.5 Å². The maximum absolute atomic E-state index is 11.2. The van der Waals surface area contributed by atoms with Crippen LogP contribution in [0.3, 0.4) is 0 Å². The van der Waals surface area contributed by atoms with E-state index in [-0.39, 0.29) is 5.92 Å². The summed E-state index contributed by atoms with van der Waals surface area (Å²) in [5.41, 5.74) is 1.57. The smallest absolute Gasteiger partial charge is 0.308 e. The first-order valence-corrected chi connectivity index (χ1v) is 7.38. The number of aromatic nitrogens is 3. The molecule has 6 nitrogen and oxygen atoms in total. The number of aryl methyl sites for hydroxylation is 1. The van der Waals surface area contributed by atoms with Crippen molar-refractivity contribution in [1.29, 1.82) is 0 Å². The topological polar surface area (TPSA) is 79.2 Å². The molecule has 0 saturated carbocycles. The molecule has 1 saturated heterocycles. The zero-order valence-corrected chi connectivity index (χ0v) is 12.4. The van der Waals surface area contributed by atoms with Crippen LogP contribution in [0.4, 0.5) is 5.82 Å². The SMILES string of the molecule is Cc1cc(N2CCCC(C(=O)O)C2)nc(-c2ccccn2)n1. The maximum atomic E-state index is 11.2. The number of nitrogens with zero attached hydrogens (tertiary/aromatic N) is 4. The van der Waals surface area contributed by atoms with Crippen molar-refractivity contribution >= 4 is 11.8 Å². The highest BCUT2D eigenvalue weighted by molar-refractivity contribution is 5.71. The molecule has 1 unspecified atom stereocenters. The Morgan fingerprint density at radius 2 is 2.23 bits per heavy atom. The van der Waals surface area contributed by atoms with Crippen LogP contribution in [0.1, 0.15) is 18.5 Å². The molecule has 0 spiro atoms. The van der Waals surface area contributed by atoms with Gasteiger partial charge in [0.05, 0.1) is 5.92 Å². The Bertz CT molecular complexity index is 675. The lowest BCUT2D eigenvalue weighted by Crippen LogP contribution is -2.39. The third kappa shape index (κ3) is 3.05. The third-order valence-corrected chi connectivity index (χ3v) is 3.83. The minimum Gasteiger partial charge on any atom is -0.481 e. The Morgan fingerprint density at radius 1 is 1.36 bits per heavy atom. The molecular weight excluding hydrogens is 280 g/mol. The van der Waals surface area contributed by atoms with Crippen LogP contribution in [0.5, 0.6) is 0 Å². The second-order valence-electron chi connectivity index (χ2n) is 5.53. The van der Waals surface area contributed by atoms with E-state index in [4.69, 9.17) is 0 Å². The van der Waals surface area contributed by atoms with Crippen molar-refractivity contribution in [3.63, 3.8) is 0 Å². The van der Waals surface area contributed by atoms with Gasteiger partial charge in [-0.25, -0.2) is 9.97 Å². The fourth-order valence-electron chi connectivity index (χ4n) is 2.71. The summed E-state index contributed by atoms with van der Waals surface area (Å²) in [4.78, 5) is 26.5. The summed E-state index contributed by atoms with van der Waals surface area (Å²) in [6.07, 6.45) is 3.30. The second kappa shape index (κ2) is 6.09. The van der Waals surface area contributed by atoms with Gasteiger partial charge in [0, 0.05) is 31.0 Å². The molecule has 0 radical (unpaired) electrons. The fraction of sp³-hybridized carbons (Fsp3) is 0.375. The molecule has 6 heteroatoms. The molecule has 114 valence electrons. The summed E-state index contributed by atoms with van der Waals surface area (Å²) in [5.74, 6) is 0.287. The Hall–Kier alpha value is -2.50. The van der Waals surface area contributed by atoms with Gasteiger partial charge in [-0.2, -0.15) is 0 Å². The first-order chi connectivity index (χ1) is 10.6. The van der Waals surface area contributed by atoms with E-state index >= 15 is 0 Å². The number of anilines is 1. The van der Waals surface area contributed by atoms with Gasteiger partial charge in [-0.1, -0.05) is 6.07 Å². The number of hydrogen-bond acceptors (Lipinski definition) is 5. The van der Waals surface area contributed by atoms with E-state index < -0.39 is 5.97 Å². The number of carboxylic acids is 1. The van der Waals surface area contributed by atoms with Crippen molar-refractivity contribution in [2.45, 2.75) is 19.8 Å². The molecule has 1 fully saturated rings. The molecule has 22 heavy (non-hydrogen) atoms. The van der Waals surface area contributed by atoms with Gasteiger partial charge in [-0.15, -0.1) is 0 Å². The predicted molar refractivity (Wildman–Crippen MR) is 82.6 cm³/mol. The minimum atomic E-state index is -0.736. The molecule has 0 aliphatic carbocycles. The van der Waals surface area contributed by atoms with E-state index in [2.05, 4.69) is 15.0 Å². The predicted octanol–water partition coefficient (Wildman–Crippen LogP) is 2.15. The van der Waals surface area contributed by atoms with E-state index in [1.807, 2.05) is 36.1 Å². The molecule has 1 aliphatic heterocycles. The van der Waals surface area contributed by atoms with Crippen LogP contribution in [-0.4, -0.2) is 39.1 Å². The van der Waals surface area contributed by atoms with Gasteiger partial charge >= 0.3 is 5.97 Å². The number of rotatable bonds is 3. The molecular formula is C16H18N4O2. The molecule has 2 aromatic rings. The lowest BCUT2D eigenvalue weighted by atomic mass is 9.98. The van der Waals surface area contributed by atoms with Gasteiger partial charge in [0.25, 0.3) is 0 Å². The summed E-state index contributed by atoms with van der Waals surface area (Å²) in [6.45, 7) is 3.23. The van der Waals surface area contributed by atoms with Gasteiger partial charge in [0.1, 0.15) is 11.5 Å². The van der Waals surface area contributed by atoms with Crippen molar-refractivity contribution < 1.29 is 9.90 Å². The number of pyridine rings is 1. The first kappa shape index (κ1) is 14.4. The highest BCUT2D eigenvalue weighted by Crippen LogP contribution is 2.24. The van der Waals surface area contributed by atoms with Crippen molar-refractivity contribution in [1.82, 2.24) is 15.0 Å². The number of hydrogen-bond donors (Lipinski definition) is 1. The largest absolute Gasteiger partial charge is 0.481 e. The van der Waals surface area contributed by atoms with Gasteiger partial charge in [-0.05, 0) is 31.9 Å². The number of aliphatic carboxylic acids is 1. The van der Waals surface area contributed by atoms with Crippen LogP contribution >= 0.6 is 0 Å². The van der Waals surface area contributed by atoms with Gasteiger partial charge < -0.3 is 10.0 Å². The van der Waals surface area contributed by atoms with Gasteiger partial charge in [-0.3, -0.25) is 9.78 Å².